The van der Waals surface area contributed by atoms with Crippen molar-refractivity contribution in [2.45, 2.75) is 19.4 Å². The number of hydrogen-bond acceptors (Lipinski definition) is 4. The van der Waals surface area contributed by atoms with Gasteiger partial charge in [-0.2, -0.15) is 0 Å². The van der Waals surface area contributed by atoms with Gasteiger partial charge >= 0.3 is 5.97 Å². The molecule has 132 valence electrons. The van der Waals surface area contributed by atoms with Gasteiger partial charge < -0.3 is 15.2 Å². The van der Waals surface area contributed by atoms with Gasteiger partial charge in [-0.3, -0.25) is 4.79 Å². The van der Waals surface area contributed by atoms with E-state index in [4.69, 9.17) is 33.0 Å². The molecule has 0 aromatic heterocycles. The molecule has 5 nitrogen and oxygen atoms in total. The molecule has 0 saturated carbocycles. The molecule has 7 heteroatoms. The van der Waals surface area contributed by atoms with Crippen LogP contribution in [0, 0.1) is 0 Å². The van der Waals surface area contributed by atoms with Crippen molar-refractivity contribution in [2.24, 2.45) is 0 Å². The van der Waals surface area contributed by atoms with Crippen molar-refractivity contribution in [1.29, 1.82) is 0 Å². The first-order valence-electron chi connectivity index (χ1n) is 7.60. The molecule has 0 saturated heterocycles. The Morgan fingerprint density at radius 1 is 1.12 bits per heavy atom. The molecule has 2 aromatic carbocycles. The van der Waals surface area contributed by atoms with E-state index in [1.54, 1.807) is 49.4 Å². The number of para-hydroxylation sites is 2. The number of carboxylic acids is 1. The molecule has 0 aliphatic rings. The van der Waals surface area contributed by atoms with Gasteiger partial charge in [0.25, 0.3) is 0 Å². The van der Waals surface area contributed by atoms with Gasteiger partial charge in [0.05, 0.1) is 15.7 Å². The van der Waals surface area contributed by atoms with Crippen molar-refractivity contribution in [3.05, 3.63) is 58.1 Å². The standard InChI is InChI=1S/C18H17Cl2NO4/c1-2-25-17(18(23)24)15(22)10-11-6-3-4-9-14(11)21-16-12(19)7-5-8-13(16)20/h3-9,17,21H,2,10H2,1H3,(H,23,24). The maximum absolute atomic E-state index is 12.3. The van der Waals surface area contributed by atoms with Crippen LogP contribution in [0.1, 0.15) is 12.5 Å². The summed E-state index contributed by atoms with van der Waals surface area (Å²) in [7, 11) is 0. The fourth-order valence-corrected chi connectivity index (χ4v) is 2.79. The molecule has 0 aliphatic heterocycles. The summed E-state index contributed by atoms with van der Waals surface area (Å²) in [6, 6.07) is 12.2. The molecular formula is C18H17Cl2NO4. The van der Waals surface area contributed by atoms with Crippen LogP contribution in [0.4, 0.5) is 11.4 Å². The van der Waals surface area contributed by atoms with E-state index < -0.39 is 17.9 Å². The highest BCUT2D eigenvalue weighted by molar-refractivity contribution is 6.39. The van der Waals surface area contributed by atoms with E-state index in [9.17, 15) is 9.59 Å². The van der Waals surface area contributed by atoms with Gasteiger partial charge in [0.1, 0.15) is 0 Å². The fraction of sp³-hybridized carbons (Fsp3) is 0.222. The number of ketones is 1. The fourth-order valence-electron chi connectivity index (χ4n) is 2.30. The van der Waals surface area contributed by atoms with Gasteiger partial charge in [0.2, 0.25) is 6.10 Å². The number of hydrogen-bond donors (Lipinski definition) is 2. The van der Waals surface area contributed by atoms with Crippen LogP contribution in [0.2, 0.25) is 10.0 Å². The van der Waals surface area contributed by atoms with Crippen LogP contribution in [-0.4, -0.2) is 29.6 Å². The molecule has 25 heavy (non-hydrogen) atoms. The third kappa shape index (κ3) is 4.95. The second-order valence-electron chi connectivity index (χ2n) is 5.20. The monoisotopic (exact) mass is 381 g/mol. The van der Waals surface area contributed by atoms with Crippen LogP contribution >= 0.6 is 23.2 Å². The van der Waals surface area contributed by atoms with Gasteiger partial charge in [-0.25, -0.2) is 4.79 Å². The van der Waals surface area contributed by atoms with Gasteiger partial charge in [0.15, 0.2) is 5.78 Å². The normalized spacial score (nSPS) is 11.8. The lowest BCUT2D eigenvalue weighted by Gasteiger charge is -2.16. The zero-order valence-corrected chi connectivity index (χ0v) is 15.0. The molecule has 2 aromatic rings. The molecule has 2 N–H and O–H groups in total. The Morgan fingerprint density at radius 3 is 2.36 bits per heavy atom. The van der Waals surface area contributed by atoms with Crippen molar-refractivity contribution in [3.8, 4) is 0 Å². The minimum atomic E-state index is -1.48. The summed E-state index contributed by atoms with van der Waals surface area (Å²) in [6.07, 6.45) is -1.58. The molecule has 0 aliphatic carbocycles. The highest BCUT2D eigenvalue weighted by atomic mass is 35.5. The number of ether oxygens (including phenoxy) is 1. The Kier molecular flexibility index (Phi) is 6.82. The molecule has 0 bridgehead atoms. The molecule has 0 heterocycles. The summed E-state index contributed by atoms with van der Waals surface area (Å²) in [4.78, 5) is 23.5. The Balaban J connectivity index is 2.26. The van der Waals surface area contributed by atoms with E-state index >= 15 is 0 Å². The Labute approximate surface area is 155 Å². The quantitative estimate of drug-likeness (QED) is 0.665. The number of nitrogens with one attached hydrogen (secondary N) is 1. The highest BCUT2D eigenvalue weighted by Crippen LogP contribution is 2.33. The second-order valence-corrected chi connectivity index (χ2v) is 6.01. The first kappa shape index (κ1) is 19.2. The number of Topliss-reactive ketones (excluding diaryl/α,β-unsaturated/α-hetero) is 1. The summed E-state index contributed by atoms with van der Waals surface area (Å²) in [5, 5.41) is 13.1. The van der Waals surface area contributed by atoms with Gasteiger partial charge in [-0.1, -0.05) is 47.5 Å². The lowest BCUT2D eigenvalue weighted by atomic mass is 10.0. The number of benzene rings is 2. The molecular weight excluding hydrogens is 365 g/mol. The number of carbonyl (C=O) groups excluding carboxylic acids is 1. The number of aliphatic carboxylic acids is 1. The van der Waals surface area contributed by atoms with Crippen molar-refractivity contribution >= 4 is 46.3 Å². The summed E-state index contributed by atoms with van der Waals surface area (Å²) in [5.41, 5.74) is 1.76. The third-order valence-electron chi connectivity index (χ3n) is 3.45. The van der Waals surface area contributed by atoms with Crippen molar-refractivity contribution < 1.29 is 19.4 Å². The zero-order valence-electron chi connectivity index (χ0n) is 13.5. The first-order valence-corrected chi connectivity index (χ1v) is 8.35. The molecule has 0 radical (unpaired) electrons. The molecule has 2 rings (SSSR count). The average Bonchev–Trinajstić information content (AvgIpc) is 2.57. The number of carboxylic acid groups (broad SMARTS) is 1. The summed E-state index contributed by atoms with van der Waals surface area (Å²) >= 11 is 12.3. The Morgan fingerprint density at radius 2 is 1.76 bits per heavy atom. The zero-order chi connectivity index (χ0) is 18.4. The van der Waals surface area contributed by atoms with Gasteiger partial charge in [0, 0.05) is 18.7 Å². The second kappa shape index (κ2) is 8.85. The third-order valence-corrected chi connectivity index (χ3v) is 4.08. The lowest BCUT2D eigenvalue weighted by molar-refractivity contribution is -0.155. The van der Waals surface area contributed by atoms with E-state index in [1.165, 1.54) is 0 Å². The topological polar surface area (TPSA) is 75.6 Å². The van der Waals surface area contributed by atoms with Crippen molar-refractivity contribution in [2.75, 3.05) is 11.9 Å². The smallest absolute Gasteiger partial charge is 0.340 e. The van der Waals surface area contributed by atoms with Gasteiger partial charge in [-0.05, 0) is 30.7 Å². The number of halogens is 2. The molecule has 1 atom stereocenters. The number of carbonyl (C=O) groups is 2. The molecule has 0 fully saturated rings. The maximum atomic E-state index is 12.3. The molecule has 1 unspecified atom stereocenters. The van der Waals surface area contributed by atoms with E-state index in [1.807, 2.05) is 0 Å². The van der Waals surface area contributed by atoms with Crippen LogP contribution in [0.3, 0.4) is 0 Å². The Hall–Kier alpha value is -2.08. The van der Waals surface area contributed by atoms with Crippen LogP contribution in [0.15, 0.2) is 42.5 Å². The SMILES string of the molecule is CCOC(C(=O)O)C(=O)Cc1ccccc1Nc1c(Cl)cccc1Cl. The van der Waals surface area contributed by atoms with Crippen LogP contribution in [-0.2, 0) is 20.7 Å². The number of rotatable bonds is 8. The van der Waals surface area contributed by atoms with E-state index in [-0.39, 0.29) is 13.0 Å². The predicted octanol–water partition coefficient (Wildman–Crippen LogP) is 4.34. The molecule has 0 spiro atoms. The first-order chi connectivity index (χ1) is 11.9. The molecule has 0 amide bonds. The Bertz CT molecular complexity index is 759. The number of anilines is 2. The van der Waals surface area contributed by atoms with Crippen LogP contribution in [0.5, 0.6) is 0 Å². The van der Waals surface area contributed by atoms with Crippen LogP contribution in [0.25, 0.3) is 0 Å². The minimum Gasteiger partial charge on any atom is -0.479 e. The lowest BCUT2D eigenvalue weighted by Crippen LogP contribution is -2.34. The average molecular weight is 382 g/mol. The van der Waals surface area contributed by atoms with Crippen LogP contribution < -0.4 is 5.32 Å². The summed E-state index contributed by atoms with van der Waals surface area (Å²) in [5.74, 6) is -1.83. The highest BCUT2D eigenvalue weighted by Gasteiger charge is 2.27. The predicted molar refractivity (Wildman–Crippen MR) is 97.9 cm³/mol. The van der Waals surface area contributed by atoms with Gasteiger partial charge in [-0.15, -0.1) is 0 Å². The summed E-state index contributed by atoms with van der Waals surface area (Å²) in [6.45, 7) is 1.77. The minimum absolute atomic E-state index is 0.0950. The summed E-state index contributed by atoms with van der Waals surface area (Å²) < 4.78 is 5.02. The van der Waals surface area contributed by atoms with Crippen molar-refractivity contribution in [1.82, 2.24) is 0 Å². The maximum Gasteiger partial charge on any atom is 0.340 e. The van der Waals surface area contributed by atoms with E-state index in [0.717, 1.165) is 0 Å². The van der Waals surface area contributed by atoms with E-state index in [2.05, 4.69) is 5.32 Å². The van der Waals surface area contributed by atoms with E-state index in [0.29, 0.717) is 27.0 Å². The largest absolute Gasteiger partial charge is 0.479 e. The van der Waals surface area contributed by atoms with Crippen molar-refractivity contribution in [3.63, 3.8) is 0 Å².